The lowest BCUT2D eigenvalue weighted by molar-refractivity contribution is 0.768. The Bertz CT molecular complexity index is 778. The number of benzene rings is 2. The van der Waals surface area contributed by atoms with Gasteiger partial charge < -0.3 is 4.57 Å². The van der Waals surface area contributed by atoms with Crippen molar-refractivity contribution in [2.24, 2.45) is 0 Å². The van der Waals surface area contributed by atoms with Gasteiger partial charge in [-0.15, -0.1) is 0 Å². The Morgan fingerprint density at radius 1 is 0.895 bits per heavy atom. The van der Waals surface area contributed by atoms with Crippen LogP contribution in [0.2, 0.25) is 0 Å². The summed E-state index contributed by atoms with van der Waals surface area (Å²) in [5.74, 6) is 0. The molecule has 2 aromatic carbocycles. The van der Waals surface area contributed by atoms with Crippen molar-refractivity contribution in [2.45, 2.75) is 6.54 Å². The molecule has 0 spiro atoms. The number of halogens is 1. The molecule has 3 heteroatoms. The highest BCUT2D eigenvalue weighted by Gasteiger charge is 2.05. The topological polar surface area (TPSA) is 22.0 Å². The van der Waals surface area contributed by atoms with Crippen molar-refractivity contribution in [1.82, 2.24) is 4.57 Å². The number of aromatic nitrogens is 1. The van der Waals surface area contributed by atoms with Crippen LogP contribution in [0.25, 0.3) is 10.8 Å². The molecule has 0 saturated carbocycles. The van der Waals surface area contributed by atoms with Gasteiger partial charge in [-0.25, -0.2) is 0 Å². The van der Waals surface area contributed by atoms with E-state index in [9.17, 15) is 4.79 Å². The van der Waals surface area contributed by atoms with Crippen LogP contribution in [0.15, 0.2) is 65.6 Å². The predicted octanol–water partition coefficient (Wildman–Crippen LogP) is 3.65. The minimum absolute atomic E-state index is 0.0693. The lowest BCUT2D eigenvalue weighted by atomic mass is 10.1. The lowest BCUT2D eigenvalue weighted by Gasteiger charge is -2.08. The number of fused-ring (bicyclic) bond motifs is 1. The molecule has 0 fully saturated rings. The molecule has 0 radical (unpaired) electrons. The number of rotatable bonds is 2. The van der Waals surface area contributed by atoms with Gasteiger partial charge in [-0.3, -0.25) is 4.79 Å². The van der Waals surface area contributed by atoms with Crippen molar-refractivity contribution in [3.05, 3.63) is 80.3 Å². The average molecular weight is 361 g/mol. The van der Waals surface area contributed by atoms with Crippen LogP contribution in [0.5, 0.6) is 0 Å². The van der Waals surface area contributed by atoms with Crippen LogP contribution >= 0.6 is 22.6 Å². The number of pyridine rings is 1. The summed E-state index contributed by atoms with van der Waals surface area (Å²) in [6.07, 6.45) is 1.87. The fourth-order valence-electron chi connectivity index (χ4n) is 2.18. The first-order chi connectivity index (χ1) is 9.25. The molecule has 0 atom stereocenters. The molecule has 3 rings (SSSR count). The van der Waals surface area contributed by atoms with E-state index in [1.807, 2.05) is 60.8 Å². The van der Waals surface area contributed by atoms with Crippen LogP contribution in [-0.4, -0.2) is 4.57 Å². The highest BCUT2D eigenvalue weighted by atomic mass is 127. The van der Waals surface area contributed by atoms with E-state index >= 15 is 0 Å². The van der Waals surface area contributed by atoms with Crippen molar-refractivity contribution in [1.29, 1.82) is 0 Å². The van der Waals surface area contributed by atoms with Crippen molar-refractivity contribution < 1.29 is 0 Å². The van der Waals surface area contributed by atoms with E-state index in [1.54, 1.807) is 4.57 Å². The van der Waals surface area contributed by atoms with Crippen molar-refractivity contribution in [3.8, 4) is 0 Å². The third-order valence-electron chi connectivity index (χ3n) is 3.16. The second-order valence-corrected chi connectivity index (χ2v) is 5.60. The van der Waals surface area contributed by atoms with Gasteiger partial charge >= 0.3 is 0 Å². The summed E-state index contributed by atoms with van der Waals surface area (Å²) in [5.41, 5.74) is 1.20. The highest BCUT2D eigenvalue weighted by molar-refractivity contribution is 14.1. The molecule has 1 heterocycles. The molecule has 0 N–H and O–H groups in total. The molecule has 0 aliphatic rings. The second-order valence-electron chi connectivity index (χ2n) is 4.44. The summed E-state index contributed by atoms with van der Waals surface area (Å²) in [5, 5.41) is 1.81. The van der Waals surface area contributed by atoms with Crippen molar-refractivity contribution in [3.63, 3.8) is 0 Å². The molecule has 0 amide bonds. The van der Waals surface area contributed by atoms with E-state index in [0.29, 0.717) is 6.54 Å². The maximum atomic E-state index is 12.4. The van der Waals surface area contributed by atoms with Gasteiger partial charge in [0.15, 0.2) is 0 Å². The highest BCUT2D eigenvalue weighted by Crippen LogP contribution is 2.17. The number of hydrogen-bond acceptors (Lipinski definition) is 1. The van der Waals surface area contributed by atoms with Crippen molar-refractivity contribution in [2.75, 3.05) is 0 Å². The third kappa shape index (κ3) is 2.42. The van der Waals surface area contributed by atoms with Gasteiger partial charge in [-0.05, 0) is 46.4 Å². The van der Waals surface area contributed by atoms with Gasteiger partial charge in [-0.1, -0.05) is 36.4 Å². The third-order valence-corrected chi connectivity index (χ3v) is 4.10. The maximum absolute atomic E-state index is 12.4. The molecule has 2 nitrogen and oxygen atoms in total. The Balaban J connectivity index is 2.11. The zero-order chi connectivity index (χ0) is 13.2. The van der Waals surface area contributed by atoms with Gasteiger partial charge in [-0.2, -0.15) is 0 Å². The van der Waals surface area contributed by atoms with Crippen LogP contribution in [-0.2, 0) is 6.54 Å². The summed E-state index contributed by atoms with van der Waals surface area (Å²) < 4.78 is 2.87. The number of nitrogens with zero attached hydrogens (tertiary/aromatic N) is 1. The van der Waals surface area contributed by atoms with Gasteiger partial charge in [0.05, 0.1) is 6.54 Å². The Hall–Kier alpha value is -1.62. The first-order valence-corrected chi connectivity index (χ1v) is 7.15. The van der Waals surface area contributed by atoms with Gasteiger partial charge in [0.1, 0.15) is 0 Å². The summed E-state index contributed by atoms with van der Waals surface area (Å²) in [6, 6.07) is 17.9. The minimum Gasteiger partial charge on any atom is -0.311 e. The average Bonchev–Trinajstić information content (AvgIpc) is 2.44. The maximum Gasteiger partial charge on any atom is 0.258 e. The summed E-state index contributed by atoms with van der Waals surface area (Å²) >= 11 is 2.26. The van der Waals surface area contributed by atoms with Crippen LogP contribution in [0.1, 0.15) is 5.56 Å². The number of hydrogen-bond donors (Lipinski definition) is 0. The quantitative estimate of drug-likeness (QED) is 0.639. The fourth-order valence-corrected chi connectivity index (χ4v) is 2.86. The molecular weight excluding hydrogens is 349 g/mol. The van der Waals surface area contributed by atoms with Gasteiger partial charge in [0, 0.05) is 20.5 Å². The van der Waals surface area contributed by atoms with Crippen LogP contribution in [0.4, 0.5) is 0 Å². The zero-order valence-electron chi connectivity index (χ0n) is 10.2. The Kier molecular flexibility index (Phi) is 3.38. The van der Waals surface area contributed by atoms with Gasteiger partial charge in [0.2, 0.25) is 0 Å². The smallest absolute Gasteiger partial charge is 0.258 e. The summed E-state index contributed by atoms with van der Waals surface area (Å²) in [7, 11) is 0. The van der Waals surface area contributed by atoms with E-state index < -0.39 is 0 Å². The predicted molar refractivity (Wildman–Crippen MR) is 86.5 cm³/mol. The molecule has 0 aliphatic heterocycles. The molecule has 94 valence electrons. The van der Waals surface area contributed by atoms with Gasteiger partial charge in [0.25, 0.3) is 5.56 Å². The van der Waals surface area contributed by atoms with E-state index in [-0.39, 0.29) is 5.56 Å². The summed E-state index contributed by atoms with van der Waals surface area (Å²) in [4.78, 5) is 12.4. The van der Waals surface area contributed by atoms with Crippen LogP contribution in [0.3, 0.4) is 0 Å². The van der Waals surface area contributed by atoms with E-state index in [1.165, 1.54) is 0 Å². The standard InChI is InChI=1S/C16H12INO/c17-15-8-4-7-14-13(15)9-10-18(16(14)19)11-12-5-2-1-3-6-12/h1-10H,11H2. The van der Waals surface area contributed by atoms with E-state index in [0.717, 1.165) is 19.9 Å². The minimum atomic E-state index is 0.0693. The van der Waals surface area contributed by atoms with E-state index in [2.05, 4.69) is 22.6 Å². The SMILES string of the molecule is O=c1c2cccc(I)c2ccn1Cc1ccccc1. The van der Waals surface area contributed by atoms with Crippen molar-refractivity contribution >= 4 is 33.4 Å². The Morgan fingerprint density at radius 3 is 2.47 bits per heavy atom. The monoisotopic (exact) mass is 361 g/mol. The normalized spacial score (nSPS) is 10.8. The fraction of sp³-hybridized carbons (Fsp3) is 0.0625. The molecule has 0 unspecified atom stereocenters. The molecule has 1 aromatic heterocycles. The summed E-state index contributed by atoms with van der Waals surface area (Å²) in [6.45, 7) is 0.612. The molecular formula is C16H12INO. The molecule has 0 saturated heterocycles. The lowest BCUT2D eigenvalue weighted by Crippen LogP contribution is -2.20. The second kappa shape index (κ2) is 5.17. The molecule has 19 heavy (non-hydrogen) atoms. The van der Waals surface area contributed by atoms with Crippen LogP contribution in [0, 0.1) is 3.57 Å². The molecule has 0 bridgehead atoms. The first-order valence-electron chi connectivity index (χ1n) is 6.07. The molecule has 0 aliphatic carbocycles. The molecule has 3 aromatic rings. The largest absolute Gasteiger partial charge is 0.311 e. The van der Waals surface area contributed by atoms with E-state index in [4.69, 9.17) is 0 Å². The van der Waals surface area contributed by atoms with Crippen LogP contribution < -0.4 is 5.56 Å². The first kappa shape index (κ1) is 12.4. The Morgan fingerprint density at radius 2 is 1.68 bits per heavy atom. The Labute approximate surface area is 124 Å². The zero-order valence-corrected chi connectivity index (χ0v) is 12.4.